The van der Waals surface area contributed by atoms with Crippen LogP contribution in [0.15, 0.2) is 53.3 Å². The third-order valence-corrected chi connectivity index (χ3v) is 5.67. The molecule has 2 aromatic carbocycles. The number of rotatable bonds is 8. The van der Waals surface area contributed by atoms with Crippen LogP contribution in [0.3, 0.4) is 0 Å². The summed E-state index contributed by atoms with van der Waals surface area (Å²) < 4.78 is 1.30. The molecule has 0 unspecified atom stereocenters. The van der Waals surface area contributed by atoms with Gasteiger partial charge in [-0.3, -0.25) is 14.7 Å². The van der Waals surface area contributed by atoms with Gasteiger partial charge in [0.25, 0.3) is 11.3 Å². The van der Waals surface area contributed by atoms with Gasteiger partial charge in [0.1, 0.15) is 0 Å². The predicted octanol–water partition coefficient (Wildman–Crippen LogP) is 4.13. The quantitative estimate of drug-likeness (QED) is 0.364. The van der Waals surface area contributed by atoms with E-state index in [1.54, 1.807) is 6.92 Å². The molecule has 1 amide bonds. The molecule has 0 aliphatic heterocycles. The Hall–Kier alpha value is -3.65. The molecule has 8 nitrogen and oxygen atoms in total. The van der Waals surface area contributed by atoms with E-state index in [9.17, 15) is 9.59 Å². The molecule has 4 rings (SSSR count). The van der Waals surface area contributed by atoms with E-state index in [0.717, 1.165) is 17.7 Å². The Kier molecular flexibility index (Phi) is 6.74. The lowest BCUT2D eigenvalue weighted by atomic mass is 10.1. The molecule has 9 heteroatoms. The van der Waals surface area contributed by atoms with Crippen molar-refractivity contribution in [3.05, 3.63) is 86.3 Å². The monoisotopic (exact) mass is 464 g/mol. The number of hydrogen-bond donors (Lipinski definition) is 3. The number of carbonyl (C=O) groups excluding carboxylic acids is 1. The van der Waals surface area contributed by atoms with Gasteiger partial charge in [0.05, 0.1) is 5.69 Å². The number of halogens is 1. The number of anilines is 2. The number of benzene rings is 2. The molecule has 0 saturated carbocycles. The van der Waals surface area contributed by atoms with Crippen molar-refractivity contribution in [1.82, 2.24) is 19.6 Å². The topological polar surface area (TPSA) is 104 Å². The Bertz CT molecular complexity index is 1330. The maximum absolute atomic E-state index is 13.0. The van der Waals surface area contributed by atoms with Crippen LogP contribution in [0.25, 0.3) is 5.78 Å². The summed E-state index contributed by atoms with van der Waals surface area (Å²) in [6.45, 7) is 4.35. The van der Waals surface area contributed by atoms with Gasteiger partial charge in [0, 0.05) is 29.2 Å². The van der Waals surface area contributed by atoms with Crippen molar-refractivity contribution in [1.29, 1.82) is 0 Å². The van der Waals surface area contributed by atoms with Gasteiger partial charge in [-0.05, 0) is 55.2 Å². The highest BCUT2D eigenvalue weighted by molar-refractivity contribution is 6.30. The summed E-state index contributed by atoms with van der Waals surface area (Å²) in [5.74, 6) is 0.553. The van der Waals surface area contributed by atoms with Crippen molar-refractivity contribution in [3.63, 3.8) is 0 Å². The normalized spacial score (nSPS) is 11.0. The summed E-state index contributed by atoms with van der Waals surface area (Å²) in [5, 5.41) is 9.64. The third-order valence-electron chi connectivity index (χ3n) is 5.42. The van der Waals surface area contributed by atoms with Crippen LogP contribution < -0.4 is 16.2 Å². The zero-order chi connectivity index (χ0) is 23.4. The maximum Gasteiger partial charge on any atom is 0.277 e. The molecule has 0 aliphatic carbocycles. The summed E-state index contributed by atoms with van der Waals surface area (Å²) in [6.07, 6.45) is 1.40. The molecule has 0 aliphatic rings. The highest BCUT2D eigenvalue weighted by Crippen LogP contribution is 2.13. The first-order valence-electron chi connectivity index (χ1n) is 10.8. The van der Waals surface area contributed by atoms with Crippen LogP contribution >= 0.6 is 11.6 Å². The van der Waals surface area contributed by atoms with E-state index in [-0.39, 0.29) is 30.1 Å². The number of H-pyrrole nitrogens is 1. The first-order chi connectivity index (χ1) is 15.9. The van der Waals surface area contributed by atoms with Crippen molar-refractivity contribution >= 4 is 34.9 Å². The molecular formula is C24H25ClN6O2. The highest BCUT2D eigenvalue weighted by atomic mass is 35.5. The fourth-order valence-electron chi connectivity index (χ4n) is 3.50. The van der Waals surface area contributed by atoms with Crippen LogP contribution in [-0.2, 0) is 24.2 Å². The van der Waals surface area contributed by atoms with Gasteiger partial charge >= 0.3 is 0 Å². The number of carbonyl (C=O) groups is 1. The molecular weight excluding hydrogens is 440 g/mol. The highest BCUT2D eigenvalue weighted by Gasteiger charge is 2.15. The van der Waals surface area contributed by atoms with E-state index < -0.39 is 0 Å². The number of aryl methyl sites for hydroxylation is 2. The average Bonchev–Trinajstić information content (AvgIpc) is 3.22. The number of amides is 1. The average molecular weight is 465 g/mol. The molecule has 2 aromatic heterocycles. The smallest absolute Gasteiger partial charge is 0.277 e. The SMILES string of the molecule is CCc1ccc(NC(=O)CCc2c(C)nc3nc(NCc4ccc(Cl)cc4)[nH]n3c2=O)cc1. The van der Waals surface area contributed by atoms with Crippen molar-refractivity contribution in [2.24, 2.45) is 0 Å². The second-order valence-corrected chi connectivity index (χ2v) is 8.20. The molecule has 2 heterocycles. The van der Waals surface area contributed by atoms with Crippen LogP contribution in [0.1, 0.15) is 35.7 Å². The minimum atomic E-state index is -0.260. The summed E-state index contributed by atoms with van der Waals surface area (Å²) in [4.78, 5) is 34.2. The largest absolute Gasteiger partial charge is 0.351 e. The Morgan fingerprint density at radius 3 is 2.45 bits per heavy atom. The number of fused-ring (bicyclic) bond motifs is 1. The Labute approximate surface area is 196 Å². The fraction of sp³-hybridized carbons (Fsp3) is 0.250. The van der Waals surface area contributed by atoms with Gasteiger partial charge in [-0.15, -0.1) is 0 Å². The molecule has 0 atom stereocenters. The van der Waals surface area contributed by atoms with E-state index in [0.29, 0.717) is 28.8 Å². The number of aromatic nitrogens is 4. The van der Waals surface area contributed by atoms with Gasteiger partial charge in [0.15, 0.2) is 0 Å². The summed E-state index contributed by atoms with van der Waals surface area (Å²) >= 11 is 5.92. The molecule has 0 bridgehead atoms. The van der Waals surface area contributed by atoms with Crippen molar-refractivity contribution < 1.29 is 4.79 Å². The fourth-order valence-corrected chi connectivity index (χ4v) is 3.62. The van der Waals surface area contributed by atoms with Gasteiger partial charge in [0.2, 0.25) is 11.9 Å². The predicted molar refractivity (Wildman–Crippen MR) is 130 cm³/mol. The van der Waals surface area contributed by atoms with Crippen LogP contribution in [0.2, 0.25) is 5.02 Å². The molecule has 3 N–H and O–H groups in total. The lowest BCUT2D eigenvalue weighted by molar-refractivity contribution is -0.116. The second kappa shape index (κ2) is 9.87. The summed E-state index contributed by atoms with van der Waals surface area (Å²) in [6, 6.07) is 15.2. The van der Waals surface area contributed by atoms with E-state index in [2.05, 4.69) is 32.6 Å². The van der Waals surface area contributed by atoms with Gasteiger partial charge in [-0.25, -0.2) is 4.98 Å². The first kappa shape index (κ1) is 22.5. The van der Waals surface area contributed by atoms with Crippen LogP contribution in [0.5, 0.6) is 0 Å². The Morgan fingerprint density at radius 2 is 1.76 bits per heavy atom. The minimum Gasteiger partial charge on any atom is -0.351 e. The Balaban J connectivity index is 1.43. The zero-order valence-electron chi connectivity index (χ0n) is 18.5. The molecule has 0 radical (unpaired) electrons. The lowest BCUT2D eigenvalue weighted by Crippen LogP contribution is -2.23. The lowest BCUT2D eigenvalue weighted by Gasteiger charge is -2.07. The minimum absolute atomic E-state index is 0.155. The molecule has 170 valence electrons. The molecule has 0 fully saturated rings. The Morgan fingerprint density at radius 1 is 1.06 bits per heavy atom. The van der Waals surface area contributed by atoms with E-state index in [1.807, 2.05) is 48.5 Å². The van der Waals surface area contributed by atoms with Crippen LogP contribution in [0, 0.1) is 6.92 Å². The summed E-state index contributed by atoms with van der Waals surface area (Å²) in [7, 11) is 0. The second-order valence-electron chi connectivity index (χ2n) is 7.77. The molecule has 0 spiro atoms. The van der Waals surface area contributed by atoms with Crippen molar-refractivity contribution in [2.75, 3.05) is 10.6 Å². The number of aromatic amines is 1. The van der Waals surface area contributed by atoms with E-state index in [4.69, 9.17) is 11.6 Å². The molecule has 0 saturated heterocycles. The number of nitrogens with zero attached hydrogens (tertiary/aromatic N) is 3. The zero-order valence-corrected chi connectivity index (χ0v) is 19.2. The van der Waals surface area contributed by atoms with E-state index in [1.165, 1.54) is 10.1 Å². The van der Waals surface area contributed by atoms with Gasteiger partial charge < -0.3 is 10.6 Å². The molecule has 4 aromatic rings. The van der Waals surface area contributed by atoms with Gasteiger partial charge in [-0.1, -0.05) is 42.8 Å². The number of hydrogen-bond acceptors (Lipinski definition) is 5. The van der Waals surface area contributed by atoms with Crippen LogP contribution in [-0.4, -0.2) is 25.5 Å². The van der Waals surface area contributed by atoms with Gasteiger partial charge in [-0.2, -0.15) is 9.50 Å². The third kappa shape index (κ3) is 5.40. The maximum atomic E-state index is 13.0. The molecule has 33 heavy (non-hydrogen) atoms. The number of nitrogens with one attached hydrogen (secondary N) is 3. The van der Waals surface area contributed by atoms with Crippen molar-refractivity contribution in [2.45, 2.75) is 39.7 Å². The van der Waals surface area contributed by atoms with E-state index >= 15 is 0 Å². The first-order valence-corrected chi connectivity index (χ1v) is 11.2. The standard InChI is InChI=1S/C24H25ClN6O2/c1-3-16-6-10-19(11-7-16)28-21(32)13-12-20-15(2)27-24-29-23(30-31(24)22(20)33)26-14-17-4-8-18(25)9-5-17/h4-11H,3,12-14H2,1-2H3,(H,28,32)(H2,26,27,29,30). The summed E-state index contributed by atoms with van der Waals surface area (Å²) in [5.41, 5.74) is 3.76. The van der Waals surface area contributed by atoms with Crippen LogP contribution in [0.4, 0.5) is 11.6 Å². The van der Waals surface area contributed by atoms with Crippen molar-refractivity contribution in [3.8, 4) is 0 Å².